The molecule has 8 heavy (non-hydrogen) atoms. The van der Waals surface area contributed by atoms with E-state index in [1.807, 2.05) is 6.92 Å². The molecule has 0 aromatic carbocycles. The van der Waals surface area contributed by atoms with E-state index in [-0.39, 0.29) is 5.56 Å². The number of hydrogen-bond donors (Lipinski definition) is 2. The van der Waals surface area contributed by atoms with Gasteiger partial charge in [0, 0.05) is 0 Å². The Morgan fingerprint density at radius 3 is 2.75 bits per heavy atom. The Morgan fingerprint density at radius 2 is 2.50 bits per heavy atom. The van der Waals surface area contributed by atoms with Crippen LogP contribution >= 0.6 is 0 Å². The van der Waals surface area contributed by atoms with E-state index in [2.05, 4.69) is 15.4 Å². The van der Waals surface area contributed by atoms with E-state index in [0.717, 1.165) is 0 Å². The molecule has 44 valence electrons. The molecule has 0 fully saturated rings. The van der Waals surface area contributed by atoms with E-state index >= 15 is 0 Å². The smallest absolute Gasteiger partial charge is 0.266 e. The molecule has 0 saturated heterocycles. The van der Waals surface area contributed by atoms with E-state index in [0.29, 0.717) is 12.1 Å². The second kappa shape index (κ2) is 1.81. The molecule has 0 bridgehead atoms. The third-order valence-corrected chi connectivity index (χ3v) is 0.957. The van der Waals surface area contributed by atoms with Gasteiger partial charge in [0.2, 0.25) is 0 Å². The van der Waals surface area contributed by atoms with Crippen molar-refractivity contribution in [3.63, 3.8) is 0 Å². The highest BCUT2D eigenvalue weighted by molar-refractivity contribution is 4.89. The second-order valence-corrected chi connectivity index (χ2v) is 1.48. The summed E-state index contributed by atoms with van der Waals surface area (Å²) in [6, 6.07) is 0. The van der Waals surface area contributed by atoms with Crippen molar-refractivity contribution in [1.82, 2.24) is 15.4 Å². The van der Waals surface area contributed by atoms with Crippen LogP contribution in [0.4, 0.5) is 0 Å². The van der Waals surface area contributed by atoms with Gasteiger partial charge in [0.25, 0.3) is 5.56 Å². The second-order valence-electron chi connectivity index (χ2n) is 1.48. The highest BCUT2D eigenvalue weighted by Crippen LogP contribution is 1.77. The van der Waals surface area contributed by atoms with Gasteiger partial charge in [-0.15, -0.1) is 0 Å². The predicted octanol–water partition coefficient (Wildman–Crippen LogP) is -0.340. The van der Waals surface area contributed by atoms with Crippen molar-refractivity contribution in [1.29, 1.82) is 0 Å². The van der Waals surface area contributed by atoms with Crippen LogP contribution in [-0.4, -0.2) is 15.4 Å². The van der Waals surface area contributed by atoms with Gasteiger partial charge < -0.3 is 0 Å². The summed E-state index contributed by atoms with van der Waals surface area (Å²) in [5.74, 6) is 0. The third-order valence-electron chi connectivity index (χ3n) is 0.957. The quantitative estimate of drug-likeness (QED) is 0.523. The summed E-state index contributed by atoms with van der Waals surface area (Å²) in [5.41, 5.74) is 0.442. The average Bonchev–Trinajstić information content (AvgIpc) is 2.14. The van der Waals surface area contributed by atoms with Gasteiger partial charge in [0.1, 0.15) is 5.69 Å². The molecule has 4 heteroatoms. The van der Waals surface area contributed by atoms with E-state index in [9.17, 15) is 4.79 Å². The number of nitrogens with one attached hydrogen (secondary N) is 2. The molecule has 0 aliphatic rings. The first kappa shape index (κ1) is 5.08. The van der Waals surface area contributed by atoms with E-state index in [4.69, 9.17) is 0 Å². The molecule has 0 atom stereocenters. The fraction of sp³-hybridized carbons (Fsp3) is 0.500. The molecular weight excluding hydrogens is 106 g/mol. The Bertz CT molecular complexity index is 211. The van der Waals surface area contributed by atoms with Crippen LogP contribution in [0.5, 0.6) is 0 Å². The molecule has 0 spiro atoms. The van der Waals surface area contributed by atoms with Crippen LogP contribution in [0, 0.1) is 0 Å². The molecule has 2 N–H and O–H groups in total. The number of aromatic nitrogens is 3. The molecule has 1 heterocycles. The Morgan fingerprint density at radius 1 is 1.75 bits per heavy atom. The van der Waals surface area contributed by atoms with Crippen LogP contribution in [0.3, 0.4) is 0 Å². The van der Waals surface area contributed by atoms with Gasteiger partial charge in [-0.1, -0.05) is 6.92 Å². The lowest BCUT2D eigenvalue weighted by atomic mass is 10.4. The molecule has 1 aromatic heterocycles. The van der Waals surface area contributed by atoms with Crippen LogP contribution in [-0.2, 0) is 6.42 Å². The number of aromatic amines is 2. The first-order valence-corrected chi connectivity index (χ1v) is 2.46. The Hall–Kier alpha value is -1.06. The summed E-state index contributed by atoms with van der Waals surface area (Å²) >= 11 is 0. The number of hydrogen-bond acceptors (Lipinski definition) is 2. The molecule has 0 radical (unpaired) electrons. The molecule has 4 nitrogen and oxygen atoms in total. The van der Waals surface area contributed by atoms with Crippen LogP contribution < -0.4 is 5.56 Å². The van der Waals surface area contributed by atoms with Crippen LogP contribution in [0.25, 0.3) is 0 Å². The minimum atomic E-state index is -0.118. The van der Waals surface area contributed by atoms with Crippen LogP contribution in [0.15, 0.2) is 4.79 Å². The third kappa shape index (κ3) is 0.641. The zero-order valence-corrected chi connectivity index (χ0v) is 4.56. The maximum absolute atomic E-state index is 10.5. The Kier molecular flexibility index (Phi) is 1.15. The molecule has 1 aromatic rings. The largest absolute Gasteiger partial charge is 0.287 e. The molecule has 0 unspecified atom stereocenters. The lowest BCUT2D eigenvalue weighted by molar-refractivity contribution is 0.906. The fourth-order valence-electron chi connectivity index (χ4n) is 0.509. The molecular formula is C4H7N3O. The molecule has 1 rings (SSSR count). The van der Waals surface area contributed by atoms with Gasteiger partial charge >= 0.3 is 0 Å². The fourth-order valence-corrected chi connectivity index (χ4v) is 0.509. The Balaban J connectivity index is 3.11. The first-order valence-electron chi connectivity index (χ1n) is 2.46. The van der Waals surface area contributed by atoms with Crippen molar-refractivity contribution in [2.45, 2.75) is 13.3 Å². The van der Waals surface area contributed by atoms with Crippen LogP contribution in [0.2, 0.25) is 0 Å². The zero-order chi connectivity index (χ0) is 5.98. The maximum atomic E-state index is 10.5. The Labute approximate surface area is 45.9 Å². The van der Waals surface area contributed by atoms with Crippen LogP contribution in [0.1, 0.15) is 12.6 Å². The molecule has 0 aliphatic heterocycles. The number of nitrogens with zero attached hydrogens (tertiary/aromatic N) is 1. The van der Waals surface area contributed by atoms with Crippen molar-refractivity contribution in [2.75, 3.05) is 0 Å². The summed E-state index contributed by atoms with van der Waals surface area (Å²) in [6.45, 7) is 1.88. The molecule has 0 aliphatic carbocycles. The summed E-state index contributed by atoms with van der Waals surface area (Å²) in [5, 5.41) is 8.33. The van der Waals surface area contributed by atoms with E-state index in [1.165, 1.54) is 0 Å². The number of aryl methyl sites for hydroxylation is 1. The van der Waals surface area contributed by atoms with Crippen molar-refractivity contribution < 1.29 is 0 Å². The summed E-state index contributed by atoms with van der Waals surface area (Å²) in [6.07, 6.45) is 0.679. The van der Waals surface area contributed by atoms with Gasteiger partial charge in [-0.25, -0.2) is 10.3 Å². The van der Waals surface area contributed by atoms with Crippen molar-refractivity contribution in [2.24, 2.45) is 0 Å². The normalized spacial score (nSPS) is 9.62. The van der Waals surface area contributed by atoms with Gasteiger partial charge in [0.15, 0.2) is 0 Å². The predicted molar refractivity (Wildman–Crippen MR) is 28.6 cm³/mol. The van der Waals surface area contributed by atoms with Gasteiger partial charge in [-0.05, 0) is 6.42 Å². The standard InChI is InChI=1S/C4H7N3O/c1-2-3-4(8)6-7-5-3/h2H2,1H3,(H2,5,6,7,8). The van der Waals surface area contributed by atoms with E-state index < -0.39 is 0 Å². The van der Waals surface area contributed by atoms with Crippen molar-refractivity contribution >= 4 is 0 Å². The topological polar surface area (TPSA) is 61.5 Å². The lowest BCUT2D eigenvalue weighted by Crippen LogP contribution is -2.04. The maximum Gasteiger partial charge on any atom is 0.287 e. The minimum absolute atomic E-state index is 0.118. The number of rotatable bonds is 1. The number of H-pyrrole nitrogens is 2. The minimum Gasteiger partial charge on any atom is -0.266 e. The van der Waals surface area contributed by atoms with Gasteiger partial charge in [-0.3, -0.25) is 4.79 Å². The SMILES string of the molecule is CCc1n[nH][nH]c1=O. The van der Waals surface area contributed by atoms with Crippen molar-refractivity contribution in [3.05, 3.63) is 16.0 Å². The van der Waals surface area contributed by atoms with Gasteiger partial charge in [-0.2, -0.15) is 5.10 Å². The first-order chi connectivity index (χ1) is 3.84. The average molecular weight is 113 g/mol. The summed E-state index contributed by atoms with van der Waals surface area (Å²) in [4.78, 5) is 10.5. The monoisotopic (exact) mass is 113 g/mol. The highest BCUT2D eigenvalue weighted by atomic mass is 16.1. The summed E-state index contributed by atoms with van der Waals surface area (Å²) < 4.78 is 0. The zero-order valence-electron chi connectivity index (χ0n) is 4.56. The van der Waals surface area contributed by atoms with E-state index in [1.54, 1.807) is 0 Å². The lowest BCUT2D eigenvalue weighted by Gasteiger charge is -1.74. The highest BCUT2D eigenvalue weighted by Gasteiger charge is 1.94. The molecule has 0 amide bonds. The summed E-state index contributed by atoms with van der Waals surface area (Å²) in [7, 11) is 0. The molecule has 0 saturated carbocycles. The van der Waals surface area contributed by atoms with Gasteiger partial charge in [0.05, 0.1) is 0 Å². The van der Waals surface area contributed by atoms with Crippen molar-refractivity contribution in [3.8, 4) is 0 Å².